The summed E-state index contributed by atoms with van der Waals surface area (Å²) in [7, 11) is 0. The number of carbonyl (C=O) groups is 2. The molecular weight excluding hydrogens is 228 g/mol. The summed E-state index contributed by atoms with van der Waals surface area (Å²) < 4.78 is 5.43. The monoisotopic (exact) mass is 244 g/mol. The van der Waals surface area contributed by atoms with Gasteiger partial charge in [0.15, 0.2) is 0 Å². The van der Waals surface area contributed by atoms with E-state index in [9.17, 15) is 14.7 Å². The van der Waals surface area contributed by atoms with E-state index < -0.39 is 24.5 Å². The summed E-state index contributed by atoms with van der Waals surface area (Å²) in [6, 6.07) is -0.510. The highest BCUT2D eigenvalue weighted by Gasteiger charge is 2.45. The Hall–Kier alpha value is -1.18. The van der Waals surface area contributed by atoms with Crippen molar-refractivity contribution in [2.24, 2.45) is 5.92 Å². The molecule has 0 unspecified atom stereocenters. The Balaban J connectivity index is 2.08. The van der Waals surface area contributed by atoms with Gasteiger partial charge in [-0.3, -0.25) is 15.0 Å². The summed E-state index contributed by atoms with van der Waals surface area (Å²) in [6.07, 6.45) is -1.87. The molecule has 7 nitrogen and oxygen atoms in total. The van der Waals surface area contributed by atoms with E-state index in [0.29, 0.717) is 0 Å². The number of hydrogen-bond acceptors (Lipinski definition) is 5. The summed E-state index contributed by atoms with van der Waals surface area (Å²) >= 11 is 0. The summed E-state index contributed by atoms with van der Waals surface area (Å²) in [5.41, 5.74) is 0. The van der Waals surface area contributed by atoms with Crippen LogP contribution in [0.2, 0.25) is 0 Å². The number of nitrogens with zero attached hydrogens (tertiary/aromatic N) is 1. The van der Waals surface area contributed by atoms with E-state index in [2.05, 4.69) is 5.32 Å². The topological polar surface area (TPSA) is 99.1 Å². The number of aliphatic hydroxyl groups is 2. The zero-order valence-electron chi connectivity index (χ0n) is 9.50. The van der Waals surface area contributed by atoms with Gasteiger partial charge in [0.1, 0.15) is 12.3 Å². The average molecular weight is 244 g/mol. The minimum Gasteiger partial charge on any atom is -0.394 e. The molecule has 3 N–H and O–H groups in total. The minimum absolute atomic E-state index is 0.220. The molecule has 0 aromatic carbocycles. The summed E-state index contributed by atoms with van der Waals surface area (Å²) in [5.74, 6) is -0.609. The number of rotatable bonds is 2. The van der Waals surface area contributed by atoms with E-state index in [1.807, 2.05) is 0 Å². The van der Waals surface area contributed by atoms with Crippen molar-refractivity contribution >= 4 is 11.9 Å². The first kappa shape index (κ1) is 12.3. The maximum atomic E-state index is 11.6. The molecular formula is C10H16N2O5. The zero-order valence-corrected chi connectivity index (χ0v) is 9.50. The number of ether oxygens (including phenoxy) is 1. The van der Waals surface area contributed by atoms with Crippen LogP contribution in [-0.4, -0.2) is 58.6 Å². The average Bonchev–Trinajstić information content (AvgIpc) is 2.57. The lowest BCUT2D eigenvalue weighted by atomic mass is 10.0. The van der Waals surface area contributed by atoms with Gasteiger partial charge in [-0.1, -0.05) is 6.92 Å². The van der Waals surface area contributed by atoms with E-state index in [-0.39, 0.29) is 31.4 Å². The Kier molecular flexibility index (Phi) is 3.32. The SMILES string of the molecule is C[C@H]1[C@H](O)[C@@H](CO)O[C@H]1N1CCC(=O)NC1=O. The lowest BCUT2D eigenvalue weighted by Crippen LogP contribution is -2.55. The molecule has 0 aliphatic carbocycles. The fourth-order valence-electron chi connectivity index (χ4n) is 2.22. The molecule has 4 atom stereocenters. The molecule has 2 rings (SSSR count). The Labute approximate surface area is 98.3 Å². The fraction of sp³-hybridized carbons (Fsp3) is 0.800. The number of urea groups is 1. The second-order valence-electron chi connectivity index (χ2n) is 4.39. The van der Waals surface area contributed by atoms with Gasteiger partial charge in [-0.05, 0) is 0 Å². The van der Waals surface area contributed by atoms with Crippen molar-refractivity contribution in [3.05, 3.63) is 0 Å². The number of nitrogens with one attached hydrogen (secondary N) is 1. The number of amides is 3. The van der Waals surface area contributed by atoms with Gasteiger partial charge in [-0.25, -0.2) is 4.79 Å². The fourth-order valence-corrected chi connectivity index (χ4v) is 2.22. The van der Waals surface area contributed by atoms with Crippen LogP contribution in [0.1, 0.15) is 13.3 Å². The quantitative estimate of drug-likeness (QED) is 0.557. The van der Waals surface area contributed by atoms with Crippen molar-refractivity contribution in [2.75, 3.05) is 13.2 Å². The maximum absolute atomic E-state index is 11.6. The second-order valence-corrected chi connectivity index (χ2v) is 4.39. The van der Waals surface area contributed by atoms with Crippen LogP contribution < -0.4 is 5.32 Å². The highest BCUT2D eigenvalue weighted by atomic mass is 16.5. The maximum Gasteiger partial charge on any atom is 0.326 e. The predicted molar refractivity (Wildman–Crippen MR) is 55.8 cm³/mol. The Morgan fingerprint density at radius 2 is 2.24 bits per heavy atom. The van der Waals surface area contributed by atoms with Gasteiger partial charge in [0.25, 0.3) is 0 Å². The Morgan fingerprint density at radius 3 is 2.76 bits per heavy atom. The molecule has 96 valence electrons. The summed E-state index contributed by atoms with van der Waals surface area (Å²) in [6.45, 7) is 1.72. The lowest BCUT2D eigenvalue weighted by molar-refractivity contribution is -0.124. The Bertz CT molecular complexity index is 335. The molecule has 2 aliphatic rings. The van der Waals surface area contributed by atoms with E-state index >= 15 is 0 Å². The molecule has 17 heavy (non-hydrogen) atoms. The van der Waals surface area contributed by atoms with E-state index in [4.69, 9.17) is 9.84 Å². The van der Waals surface area contributed by atoms with Crippen molar-refractivity contribution < 1.29 is 24.5 Å². The predicted octanol–water partition coefficient (Wildman–Crippen LogP) is -1.36. The van der Waals surface area contributed by atoms with Crippen molar-refractivity contribution in [1.29, 1.82) is 0 Å². The van der Waals surface area contributed by atoms with Crippen molar-refractivity contribution in [1.82, 2.24) is 10.2 Å². The number of carbonyl (C=O) groups excluding carboxylic acids is 2. The molecule has 2 aliphatic heterocycles. The molecule has 0 bridgehead atoms. The van der Waals surface area contributed by atoms with Crippen molar-refractivity contribution in [3.63, 3.8) is 0 Å². The third kappa shape index (κ3) is 2.13. The van der Waals surface area contributed by atoms with Gasteiger partial charge in [0, 0.05) is 18.9 Å². The molecule has 0 aromatic rings. The van der Waals surface area contributed by atoms with Crippen LogP contribution in [0.3, 0.4) is 0 Å². The van der Waals surface area contributed by atoms with Crippen LogP contribution in [0.4, 0.5) is 4.79 Å². The highest BCUT2D eigenvalue weighted by Crippen LogP contribution is 2.29. The normalized spacial score (nSPS) is 38.4. The van der Waals surface area contributed by atoms with Crippen LogP contribution >= 0.6 is 0 Å². The van der Waals surface area contributed by atoms with Crippen LogP contribution in [0.5, 0.6) is 0 Å². The van der Waals surface area contributed by atoms with Gasteiger partial charge in [-0.15, -0.1) is 0 Å². The van der Waals surface area contributed by atoms with Crippen LogP contribution in [0.25, 0.3) is 0 Å². The summed E-state index contributed by atoms with van der Waals surface area (Å²) in [4.78, 5) is 24.0. The first-order chi connectivity index (χ1) is 8.04. The van der Waals surface area contributed by atoms with Gasteiger partial charge in [-0.2, -0.15) is 0 Å². The largest absolute Gasteiger partial charge is 0.394 e. The molecule has 2 fully saturated rings. The second kappa shape index (κ2) is 4.59. The molecule has 0 spiro atoms. The number of aliphatic hydroxyl groups excluding tert-OH is 2. The number of hydrogen-bond donors (Lipinski definition) is 3. The molecule has 3 amide bonds. The Morgan fingerprint density at radius 1 is 1.53 bits per heavy atom. The van der Waals surface area contributed by atoms with Crippen LogP contribution in [-0.2, 0) is 9.53 Å². The van der Waals surface area contributed by atoms with Crippen LogP contribution in [0.15, 0.2) is 0 Å². The van der Waals surface area contributed by atoms with E-state index in [1.54, 1.807) is 6.92 Å². The van der Waals surface area contributed by atoms with Gasteiger partial charge in [0.05, 0.1) is 12.7 Å². The first-order valence-electron chi connectivity index (χ1n) is 5.59. The van der Waals surface area contributed by atoms with Gasteiger partial charge in [0.2, 0.25) is 5.91 Å². The molecule has 0 radical (unpaired) electrons. The lowest BCUT2D eigenvalue weighted by Gasteiger charge is -2.33. The smallest absolute Gasteiger partial charge is 0.326 e. The van der Waals surface area contributed by atoms with Crippen LogP contribution in [0, 0.1) is 5.92 Å². The van der Waals surface area contributed by atoms with Gasteiger partial charge >= 0.3 is 6.03 Å². The molecule has 2 heterocycles. The highest BCUT2D eigenvalue weighted by molar-refractivity contribution is 5.96. The van der Waals surface area contributed by atoms with E-state index in [1.165, 1.54) is 4.90 Å². The first-order valence-corrected chi connectivity index (χ1v) is 5.59. The summed E-state index contributed by atoms with van der Waals surface area (Å²) in [5, 5.41) is 21.0. The standard InChI is InChI=1S/C10H16N2O5/c1-5-8(15)6(4-13)17-9(5)12-3-2-7(14)11-10(12)16/h5-6,8-9,13,15H,2-4H2,1H3,(H,11,14,16)/t5-,6+,8-,9+/m0/s1. The molecule has 2 saturated heterocycles. The molecule has 7 heteroatoms. The van der Waals surface area contributed by atoms with Crippen molar-refractivity contribution in [2.45, 2.75) is 31.8 Å². The minimum atomic E-state index is -0.810. The van der Waals surface area contributed by atoms with Crippen molar-refractivity contribution in [3.8, 4) is 0 Å². The molecule has 0 aromatic heterocycles. The number of imide groups is 1. The molecule has 0 saturated carbocycles. The van der Waals surface area contributed by atoms with Gasteiger partial charge < -0.3 is 14.9 Å². The third-order valence-electron chi connectivity index (χ3n) is 3.26. The third-order valence-corrected chi connectivity index (χ3v) is 3.26. The zero-order chi connectivity index (χ0) is 12.6. The van der Waals surface area contributed by atoms with E-state index in [0.717, 1.165) is 0 Å².